The van der Waals surface area contributed by atoms with Gasteiger partial charge in [-0.1, -0.05) is 0 Å². The zero-order valence-corrected chi connectivity index (χ0v) is 11.8. The predicted octanol–water partition coefficient (Wildman–Crippen LogP) is 2.40. The molecule has 0 aliphatic heterocycles. The first-order valence-corrected chi connectivity index (χ1v) is 6.32. The molecule has 0 saturated heterocycles. The van der Waals surface area contributed by atoms with Gasteiger partial charge in [0.05, 0.1) is 25.9 Å². The van der Waals surface area contributed by atoms with E-state index in [-0.39, 0.29) is 5.78 Å². The summed E-state index contributed by atoms with van der Waals surface area (Å²) in [6.07, 6.45) is 2.23. The van der Waals surface area contributed by atoms with Crippen molar-refractivity contribution in [1.29, 1.82) is 0 Å². The van der Waals surface area contributed by atoms with Gasteiger partial charge in [-0.15, -0.1) is 0 Å². The van der Waals surface area contributed by atoms with Gasteiger partial charge < -0.3 is 14.2 Å². The van der Waals surface area contributed by atoms with Gasteiger partial charge in [-0.25, -0.2) is 4.79 Å². The van der Waals surface area contributed by atoms with Gasteiger partial charge >= 0.3 is 5.97 Å². The van der Waals surface area contributed by atoms with Gasteiger partial charge in [-0.05, 0) is 32.1 Å². The van der Waals surface area contributed by atoms with Crippen molar-refractivity contribution >= 4 is 11.8 Å². The summed E-state index contributed by atoms with van der Waals surface area (Å²) in [6, 6.07) is 4.96. The molecule has 0 radical (unpaired) electrons. The van der Waals surface area contributed by atoms with Gasteiger partial charge in [-0.2, -0.15) is 0 Å². The van der Waals surface area contributed by atoms with Crippen molar-refractivity contribution in [2.45, 2.75) is 13.8 Å². The lowest BCUT2D eigenvalue weighted by Gasteiger charge is -2.10. The molecular formula is C15H18O5. The van der Waals surface area contributed by atoms with E-state index in [2.05, 4.69) is 4.74 Å². The quantitative estimate of drug-likeness (QED) is 0.435. The number of esters is 1. The van der Waals surface area contributed by atoms with Gasteiger partial charge in [0.2, 0.25) is 0 Å². The lowest BCUT2D eigenvalue weighted by atomic mass is 10.1. The average Bonchev–Trinajstić information content (AvgIpc) is 2.45. The van der Waals surface area contributed by atoms with E-state index < -0.39 is 5.97 Å². The van der Waals surface area contributed by atoms with Crippen LogP contribution in [0, 0.1) is 0 Å². The molecule has 0 spiro atoms. The molecule has 1 rings (SSSR count). The van der Waals surface area contributed by atoms with Crippen LogP contribution in [0.25, 0.3) is 0 Å². The normalized spacial score (nSPS) is 10.3. The van der Waals surface area contributed by atoms with Crippen LogP contribution in [-0.2, 0) is 9.53 Å². The number of ether oxygens (including phenoxy) is 3. The van der Waals surface area contributed by atoms with Crippen molar-refractivity contribution in [2.75, 3.05) is 20.3 Å². The molecule has 5 heteroatoms. The number of ketones is 1. The number of carbonyl (C=O) groups is 2. The molecule has 0 aliphatic rings. The minimum atomic E-state index is -0.581. The fraction of sp³-hybridized carbons (Fsp3) is 0.333. The van der Waals surface area contributed by atoms with Crippen LogP contribution in [0.3, 0.4) is 0 Å². The highest BCUT2D eigenvalue weighted by Gasteiger charge is 2.12. The van der Waals surface area contributed by atoms with E-state index in [1.807, 2.05) is 13.8 Å². The summed E-state index contributed by atoms with van der Waals surface area (Å²) >= 11 is 0. The van der Waals surface area contributed by atoms with E-state index in [0.717, 1.165) is 12.2 Å². The maximum atomic E-state index is 12.0. The SMILES string of the molecule is CCOc1ccc(C(=O)/C=C/C(=O)OC)c(OCC)c1. The number of hydrogen-bond donors (Lipinski definition) is 0. The topological polar surface area (TPSA) is 61.8 Å². The summed E-state index contributed by atoms with van der Waals surface area (Å²) in [5.74, 6) is 0.145. The first-order chi connectivity index (χ1) is 9.62. The van der Waals surface area contributed by atoms with Crippen molar-refractivity contribution in [3.05, 3.63) is 35.9 Å². The Morgan fingerprint density at radius 3 is 2.40 bits per heavy atom. The number of carbonyl (C=O) groups excluding carboxylic acids is 2. The lowest BCUT2D eigenvalue weighted by Crippen LogP contribution is -2.04. The molecule has 0 aromatic heterocycles. The Hall–Kier alpha value is -2.30. The second kappa shape index (κ2) is 7.99. The summed E-state index contributed by atoms with van der Waals surface area (Å²) in [6.45, 7) is 4.65. The molecule has 0 amide bonds. The summed E-state index contributed by atoms with van der Waals surface area (Å²) < 4.78 is 15.2. The highest BCUT2D eigenvalue weighted by Crippen LogP contribution is 2.25. The minimum Gasteiger partial charge on any atom is -0.494 e. The second-order valence-corrected chi connectivity index (χ2v) is 3.74. The molecule has 0 saturated carbocycles. The van der Waals surface area contributed by atoms with E-state index >= 15 is 0 Å². The smallest absolute Gasteiger partial charge is 0.330 e. The minimum absolute atomic E-state index is 0.332. The first kappa shape index (κ1) is 15.8. The van der Waals surface area contributed by atoms with E-state index in [0.29, 0.717) is 30.3 Å². The highest BCUT2D eigenvalue weighted by molar-refractivity contribution is 6.08. The van der Waals surface area contributed by atoms with Crippen molar-refractivity contribution in [1.82, 2.24) is 0 Å². The zero-order valence-electron chi connectivity index (χ0n) is 11.8. The summed E-state index contributed by atoms with van der Waals surface area (Å²) in [4.78, 5) is 23.0. The van der Waals surface area contributed by atoms with E-state index in [9.17, 15) is 9.59 Å². The van der Waals surface area contributed by atoms with Crippen LogP contribution in [0.15, 0.2) is 30.4 Å². The molecular weight excluding hydrogens is 260 g/mol. The largest absolute Gasteiger partial charge is 0.494 e. The second-order valence-electron chi connectivity index (χ2n) is 3.74. The molecule has 20 heavy (non-hydrogen) atoms. The van der Waals surface area contributed by atoms with Crippen molar-refractivity contribution in [3.8, 4) is 11.5 Å². The Balaban J connectivity index is 3.00. The lowest BCUT2D eigenvalue weighted by molar-refractivity contribution is -0.134. The predicted molar refractivity (Wildman–Crippen MR) is 74.3 cm³/mol. The van der Waals surface area contributed by atoms with Crippen LogP contribution in [0.4, 0.5) is 0 Å². The molecule has 5 nitrogen and oxygen atoms in total. The van der Waals surface area contributed by atoms with Crippen molar-refractivity contribution in [3.63, 3.8) is 0 Å². The van der Waals surface area contributed by atoms with E-state index in [1.165, 1.54) is 7.11 Å². The molecule has 0 unspecified atom stereocenters. The van der Waals surface area contributed by atoms with Gasteiger partial charge in [0.25, 0.3) is 0 Å². The molecule has 0 N–H and O–H groups in total. The fourth-order valence-electron chi connectivity index (χ4n) is 1.54. The molecule has 0 bridgehead atoms. The van der Waals surface area contributed by atoms with E-state index in [4.69, 9.17) is 9.47 Å². The molecule has 108 valence electrons. The highest BCUT2D eigenvalue weighted by atomic mass is 16.5. The van der Waals surface area contributed by atoms with Gasteiger partial charge in [0.1, 0.15) is 11.5 Å². The Kier molecular flexibility index (Phi) is 6.29. The van der Waals surface area contributed by atoms with Crippen LogP contribution < -0.4 is 9.47 Å². The maximum absolute atomic E-state index is 12.0. The van der Waals surface area contributed by atoms with Crippen LogP contribution in [0.1, 0.15) is 24.2 Å². The molecule has 0 atom stereocenters. The van der Waals surface area contributed by atoms with Crippen molar-refractivity contribution in [2.24, 2.45) is 0 Å². The van der Waals surface area contributed by atoms with E-state index in [1.54, 1.807) is 18.2 Å². The Bertz CT molecular complexity index is 505. The molecule has 0 heterocycles. The van der Waals surface area contributed by atoms with Crippen LogP contribution in [-0.4, -0.2) is 32.1 Å². The van der Waals surface area contributed by atoms with Gasteiger partial charge in [-0.3, -0.25) is 4.79 Å². The Morgan fingerprint density at radius 2 is 1.80 bits per heavy atom. The van der Waals surface area contributed by atoms with Gasteiger partial charge in [0.15, 0.2) is 5.78 Å². The number of allylic oxidation sites excluding steroid dienone is 1. The molecule has 0 aliphatic carbocycles. The monoisotopic (exact) mass is 278 g/mol. The molecule has 1 aromatic carbocycles. The standard InChI is InChI=1S/C15H18O5/c1-4-19-11-6-7-12(14(10-11)20-5-2)13(16)8-9-15(17)18-3/h6-10H,4-5H2,1-3H3/b9-8+. The molecule has 0 fully saturated rings. The number of rotatable bonds is 7. The molecule has 1 aromatic rings. The fourth-order valence-corrected chi connectivity index (χ4v) is 1.54. The van der Waals surface area contributed by atoms with Crippen molar-refractivity contribution < 1.29 is 23.8 Å². The average molecular weight is 278 g/mol. The summed E-state index contributed by atoms with van der Waals surface area (Å²) in [7, 11) is 1.25. The number of methoxy groups -OCH3 is 1. The first-order valence-electron chi connectivity index (χ1n) is 6.32. The number of hydrogen-bond acceptors (Lipinski definition) is 5. The van der Waals surface area contributed by atoms with Crippen LogP contribution >= 0.6 is 0 Å². The van der Waals surface area contributed by atoms with Gasteiger partial charge in [0, 0.05) is 12.1 Å². The third-order valence-corrected chi connectivity index (χ3v) is 2.40. The third kappa shape index (κ3) is 4.42. The summed E-state index contributed by atoms with van der Waals surface area (Å²) in [5, 5.41) is 0. The van der Waals surface area contributed by atoms with Crippen LogP contribution in [0.2, 0.25) is 0 Å². The Morgan fingerprint density at radius 1 is 1.10 bits per heavy atom. The number of benzene rings is 1. The Labute approximate surface area is 118 Å². The zero-order chi connectivity index (χ0) is 15.0. The van der Waals surface area contributed by atoms with Crippen LogP contribution in [0.5, 0.6) is 11.5 Å². The third-order valence-electron chi connectivity index (χ3n) is 2.40. The summed E-state index contributed by atoms with van der Waals surface area (Å²) in [5.41, 5.74) is 0.371. The maximum Gasteiger partial charge on any atom is 0.330 e.